The van der Waals surface area contributed by atoms with Crippen LogP contribution >= 0.6 is 0 Å². The summed E-state index contributed by atoms with van der Waals surface area (Å²) in [6, 6.07) is 14.7. The normalized spacial score (nSPS) is 12.4. The first-order valence-electron chi connectivity index (χ1n) is 11.1. The van der Waals surface area contributed by atoms with Crippen molar-refractivity contribution in [1.82, 2.24) is 20.9 Å². The molecule has 3 aromatic rings. The molecule has 3 rings (SSSR count). The molecule has 2 atom stereocenters. The summed E-state index contributed by atoms with van der Waals surface area (Å²) in [7, 11) is 0. The Balaban J connectivity index is 1.53. The van der Waals surface area contributed by atoms with Crippen LogP contribution in [0.2, 0.25) is 0 Å². The van der Waals surface area contributed by atoms with Gasteiger partial charge in [-0.15, -0.1) is 0 Å². The minimum atomic E-state index is -1.41. The third-order valence-corrected chi connectivity index (χ3v) is 5.41. The summed E-state index contributed by atoms with van der Waals surface area (Å²) in [6.45, 7) is 0.926. The zero-order valence-electron chi connectivity index (χ0n) is 19.4. The van der Waals surface area contributed by atoms with Gasteiger partial charge in [0.15, 0.2) is 0 Å². The predicted molar refractivity (Wildman–Crippen MR) is 130 cm³/mol. The van der Waals surface area contributed by atoms with E-state index in [4.69, 9.17) is 10.2 Å². The maximum atomic E-state index is 12.5. The molecule has 2 aromatic carbocycles. The molecule has 3 amide bonds. The van der Waals surface area contributed by atoms with E-state index in [1.807, 2.05) is 48.5 Å². The van der Waals surface area contributed by atoms with Gasteiger partial charge in [0.1, 0.15) is 17.8 Å². The summed E-state index contributed by atoms with van der Waals surface area (Å²) in [6.07, 6.45) is -0.740. The standard InChI is InChI=1S/C25H26N4O7/c1-14(23(33)29-19(25(35)36)9-10-22(31)32)27-21(30)13-26-24(34)20-12-17-11-16(7-8-18(17)28-20)15-5-3-2-4-6-15/h2-8,11-12,14,19,28H,9-10,13H2,1H3,(H,26,34)(H,27,30)(H,29,33)(H,31,32)(H,35,36)/t14-,19+/m0/s1. The Morgan fingerprint density at radius 2 is 1.64 bits per heavy atom. The van der Waals surface area contributed by atoms with Crippen molar-refractivity contribution in [3.05, 3.63) is 60.3 Å². The fourth-order valence-corrected chi connectivity index (χ4v) is 3.50. The smallest absolute Gasteiger partial charge is 0.326 e. The fourth-order valence-electron chi connectivity index (χ4n) is 3.50. The second-order valence-corrected chi connectivity index (χ2v) is 8.15. The number of amides is 3. The summed E-state index contributed by atoms with van der Waals surface area (Å²) in [5.74, 6) is -4.55. The number of hydrogen-bond donors (Lipinski definition) is 6. The Morgan fingerprint density at radius 1 is 0.917 bits per heavy atom. The SMILES string of the molecule is C[C@H](NC(=O)CNC(=O)c1cc2cc(-c3ccccc3)ccc2[nH]1)C(=O)N[C@H](CCC(=O)O)C(=O)O. The number of nitrogens with one attached hydrogen (secondary N) is 4. The molecule has 11 nitrogen and oxygen atoms in total. The van der Waals surface area contributed by atoms with E-state index >= 15 is 0 Å². The van der Waals surface area contributed by atoms with Crippen LogP contribution in [0.1, 0.15) is 30.3 Å². The minimum Gasteiger partial charge on any atom is -0.481 e. The van der Waals surface area contributed by atoms with Crippen molar-refractivity contribution in [1.29, 1.82) is 0 Å². The van der Waals surface area contributed by atoms with Crippen molar-refractivity contribution in [2.75, 3.05) is 6.54 Å². The zero-order chi connectivity index (χ0) is 26.2. The van der Waals surface area contributed by atoms with Gasteiger partial charge in [0.05, 0.1) is 6.54 Å². The molecular formula is C25H26N4O7. The zero-order valence-corrected chi connectivity index (χ0v) is 19.4. The third kappa shape index (κ3) is 6.92. The molecule has 188 valence electrons. The van der Waals surface area contributed by atoms with E-state index in [2.05, 4.69) is 20.9 Å². The Kier molecular flexibility index (Phi) is 8.39. The molecule has 0 spiro atoms. The first kappa shape index (κ1) is 25.9. The molecule has 0 aliphatic heterocycles. The van der Waals surface area contributed by atoms with Gasteiger partial charge in [0.25, 0.3) is 5.91 Å². The van der Waals surface area contributed by atoms with Gasteiger partial charge in [0.2, 0.25) is 11.8 Å². The molecule has 0 bridgehead atoms. The molecule has 0 unspecified atom stereocenters. The Labute approximate surface area is 205 Å². The number of benzene rings is 2. The first-order valence-corrected chi connectivity index (χ1v) is 11.1. The summed E-state index contributed by atoms with van der Waals surface area (Å²) < 4.78 is 0. The highest BCUT2D eigenvalue weighted by Crippen LogP contribution is 2.24. The lowest BCUT2D eigenvalue weighted by Gasteiger charge is -2.18. The van der Waals surface area contributed by atoms with Crippen molar-refractivity contribution >= 4 is 40.6 Å². The number of aliphatic carboxylic acids is 2. The van der Waals surface area contributed by atoms with Gasteiger partial charge >= 0.3 is 11.9 Å². The molecule has 6 N–H and O–H groups in total. The molecule has 0 aliphatic rings. The molecule has 0 saturated heterocycles. The van der Waals surface area contributed by atoms with Crippen LogP contribution in [0.25, 0.3) is 22.0 Å². The van der Waals surface area contributed by atoms with Crippen molar-refractivity contribution in [3.63, 3.8) is 0 Å². The highest BCUT2D eigenvalue weighted by atomic mass is 16.4. The van der Waals surface area contributed by atoms with E-state index in [0.717, 1.165) is 22.0 Å². The average molecular weight is 495 g/mol. The van der Waals surface area contributed by atoms with Gasteiger partial charge in [-0.05, 0) is 42.7 Å². The number of fused-ring (bicyclic) bond motifs is 1. The number of hydrogen-bond acceptors (Lipinski definition) is 5. The molecule has 11 heteroatoms. The molecule has 0 aliphatic carbocycles. The van der Waals surface area contributed by atoms with E-state index in [-0.39, 0.29) is 12.1 Å². The van der Waals surface area contributed by atoms with Crippen LogP contribution in [0.3, 0.4) is 0 Å². The number of aromatic amines is 1. The van der Waals surface area contributed by atoms with Crippen LogP contribution in [0.4, 0.5) is 0 Å². The summed E-state index contributed by atoms with van der Waals surface area (Å²) in [5, 5.41) is 25.7. The highest BCUT2D eigenvalue weighted by Gasteiger charge is 2.24. The maximum absolute atomic E-state index is 12.5. The number of rotatable bonds is 11. The van der Waals surface area contributed by atoms with Crippen LogP contribution in [0.5, 0.6) is 0 Å². The van der Waals surface area contributed by atoms with Gasteiger partial charge in [-0.1, -0.05) is 36.4 Å². The van der Waals surface area contributed by atoms with Crippen LogP contribution in [0, 0.1) is 0 Å². The van der Waals surface area contributed by atoms with Crippen molar-refractivity contribution < 1.29 is 34.2 Å². The van der Waals surface area contributed by atoms with E-state index in [9.17, 15) is 24.0 Å². The van der Waals surface area contributed by atoms with Gasteiger partial charge in [-0.2, -0.15) is 0 Å². The number of carbonyl (C=O) groups is 5. The summed E-state index contributed by atoms with van der Waals surface area (Å²) in [4.78, 5) is 61.8. The molecule has 0 saturated carbocycles. The quantitative estimate of drug-likeness (QED) is 0.234. The summed E-state index contributed by atoms with van der Waals surface area (Å²) in [5.41, 5.74) is 3.05. The first-order chi connectivity index (χ1) is 17.1. The van der Waals surface area contributed by atoms with Gasteiger partial charge in [-0.25, -0.2) is 4.79 Å². The lowest BCUT2D eigenvalue weighted by Crippen LogP contribution is -2.51. The summed E-state index contributed by atoms with van der Waals surface area (Å²) >= 11 is 0. The van der Waals surface area contributed by atoms with Crippen LogP contribution in [-0.4, -0.2) is 63.5 Å². The topological polar surface area (TPSA) is 178 Å². The lowest BCUT2D eigenvalue weighted by atomic mass is 10.0. The Morgan fingerprint density at radius 3 is 2.31 bits per heavy atom. The predicted octanol–water partition coefficient (Wildman–Crippen LogP) is 1.50. The molecule has 36 heavy (non-hydrogen) atoms. The number of carboxylic acid groups (broad SMARTS) is 2. The lowest BCUT2D eigenvalue weighted by molar-refractivity contribution is -0.143. The maximum Gasteiger partial charge on any atom is 0.326 e. The number of H-pyrrole nitrogens is 1. The second kappa shape index (κ2) is 11.6. The minimum absolute atomic E-state index is 0.261. The highest BCUT2D eigenvalue weighted by molar-refractivity contribution is 6.00. The van der Waals surface area contributed by atoms with Gasteiger partial charge in [-0.3, -0.25) is 19.2 Å². The molecule has 0 radical (unpaired) electrons. The largest absolute Gasteiger partial charge is 0.481 e. The third-order valence-electron chi connectivity index (χ3n) is 5.41. The van der Waals surface area contributed by atoms with E-state index in [0.29, 0.717) is 0 Å². The monoisotopic (exact) mass is 494 g/mol. The van der Waals surface area contributed by atoms with Crippen molar-refractivity contribution in [3.8, 4) is 11.1 Å². The molecule has 0 fully saturated rings. The van der Waals surface area contributed by atoms with Gasteiger partial charge < -0.3 is 31.1 Å². The number of carbonyl (C=O) groups excluding carboxylic acids is 3. The Hall–Kier alpha value is -4.67. The molecule has 1 aromatic heterocycles. The number of carboxylic acids is 2. The van der Waals surface area contributed by atoms with Crippen LogP contribution in [-0.2, 0) is 19.2 Å². The molecule has 1 heterocycles. The average Bonchev–Trinajstić information content (AvgIpc) is 3.28. The molecular weight excluding hydrogens is 468 g/mol. The second-order valence-electron chi connectivity index (χ2n) is 8.15. The van der Waals surface area contributed by atoms with Crippen LogP contribution < -0.4 is 16.0 Å². The van der Waals surface area contributed by atoms with E-state index in [1.54, 1.807) is 6.07 Å². The van der Waals surface area contributed by atoms with E-state index < -0.39 is 54.7 Å². The van der Waals surface area contributed by atoms with Crippen molar-refractivity contribution in [2.24, 2.45) is 0 Å². The van der Waals surface area contributed by atoms with Gasteiger partial charge in [0, 0.05) is 17.3 Å². The number of aromatic nitrogens is 1. The van der Waals surface area contributed by atoms with E-state index in [1.165, 1.54) is 6.92 Å². The van der Waals surface area contributed by atoms with Crippen molar-refractivity contribution in [2.45, 2.75) is 31.8 Å². The van der Waals surface area contributed by atoms with Crippen LogP contribution in [0.15, 0.2) is 54.6 Å². The fraction of sp³-hybridized carbons (Fsp3) is 0.240. The Bertz CT molecular complexity index is 1290.